The van der Waals surface area contributed by atoms with Crippen LogP contribution in [0.5, 0.6) is 11.5 Å². The lowest BCUT2D eigenvalue weighted by atomic mass is 10.3. The fourth-order valence-corrected chi connectivity index (χ4v) is 1.49. The Kier molecular flexibility index (Phi) is 4.08. The van der Waals surface area contributed by atoms with Crippen LogP contribution in [0.4, 0.5) is 0 Å². The standard InChI is InChI=1S/C10H12BrClO2/c1-6(2)14-10-4-7(11)8(12)5-9(10)13-3/h4-6H,1-3H3. The second-order valence-corrected chi connectivity index (χ2v) is 4.35. The molecule has 0 atom stereocenters. The van der Waals surface area contributed by atoms with Crippen molar-refractivity contribution in [2.24, 2.45) is 0 Å². The highest BCUT2D eigenvalue weighted by Crippen LogP contribution is 2.36. The second kappa shape index (κ2) is 4.89. The number of rotatable bonds is 3. The van der Waals surface area contributed by atoms with Gasteiger partial charge in [0, 0.05) is 10.5 Å². The van der Waals surface area contributed by atoms with E-state index < -0.39 is 0 Å². The molecule has 0 aromatic heterocycles. The largest absolute Gasteiger partial charge is 0.493 e. The lowest BCUT2D eigenvalue weighted by Gasteiger charge is -2.14. The summed E-state index contributed by atoms with van der Waals surface area (Å²) in [4.78, 5) is 0. The first kappa shape index (κ1) is 11.7. The van der Waals surface area contributed by atoms with Crippen molar-refractivity contribution in [3.05, 3.63) is 21.6 Å². The Morgan fingerprint density at radius 1 is 1.29 bits per heavy atom. The molecule has 0 heterocycles. The van der Waals surface area contributed by atoms with Gasteiger partial charge in [-0.05, 0) is 35.8 Å². The fraction of sp³-hybridized carbons (Fsp3) is 0.400. The van der Waals surface area contributed by atoms with Crippen LogP contribution in [0.2, 0.25) is 5.02 Å². The van der Waals surface area contributed by atoms with E-state index in [1.165, 1.54) is 0 Å². The van der Waals surface area contributed by atoms with E-state index in [9.17, 15) is 0 Å². The zero-order chi connectivity index (χ0) is 10.7. The highest BCUT2D eigenvalue weighted by atomic mass is 79.9. The molecule has 1 aromatic rings. The average molecular weight is 280 g/mol. The van der Waals surface area contributed by atoms with E-state index in [0.29, 0.717) is 16.5 Å². The summed E-state index contributed by atoms with van der Waals surface area (Å²) < 4.78 is 11.5. The summed E-state index contributed by atoms with van der Waals surface area (Å²) >= 11 is 9.25. The molecule has 0 radical (unpaired) electrons. The number of ether oxygens (including phenoxy) is 2. The third kappa shape index (κ3) is 2.79. The van der Waals surface area contributed by atoms with Crippen molar-refractivity contribution in [1.82, 2.24) is 0 Å². The molecular weight excluding hydrogens is 267 g/mol. The monoisotopic (exact) mass is 278 g/mol. The van der Waals surface area contributed by atoms with Gasteiger partial charge in [0.25, 0.3) is 0 Å². The highest BCUT2D eigenvalue weighted by molar-refractivity contribution is 9.10. The Labute approximate surface area is 97.3 Å². The molecule has 0 aliphatic heterocycles. The van der Waals surface area contributed by atoms with Crippen LogP contribution in [0.1, 0.15) is 13.8 Å². The summed E-state index contributed by atoms with van der Waals surface area (Å²) in [7, 11) is 1.59. The molecule has 0 aliphatic carbocycles. The first-order valence-electron chi connectivity index (χ1n) is 4.24. The fourth-order valence-electron chi connectivity index (χ4n) is 1.02. The molecule has 2 nitrogen and oxygen atoms in total. The van der Waals surface area contributed by atoms with Gasteiger partial charge in [0.15, 0.2) is 11.5 Å². The number of hydrogen-bond acceptors (Lipinski definition) is 2. The minimum atomic E-state index is 0.108. The van der Waals surface area contributed by atoms with E-state index in [0.717, 1.165) is 4.47 Å². The van der Waals surface area contributed by atoms with E-state index >= 15 is 0 Å². The van der Waals surface area contributed by atoms with Gasteiger partial charge in [-0.3, -0.25) is 0 Å². The normalized spacial score (nSPS) is 10.4. The molecule has 1 rings (SSSR count). The number of methoxy groups -OCH3 is 1. The molecule has 0 amide bonds. The maximum Gasteiger partial charge on any atom is 0.162 e. The Balaban J connectivity index is 3.07. The van der Waals surface area contributed by atoms with Gasteiger partial charge in [-0.15, -0.1) is 0 Å². The predicted octanol–water partition coefficient (Wildman–Crippen LogP) is 3.90. The molecule has 14 heavy (non-hydrogen) atoms. The van der Waals surface area contributed by atoms with Crippen LogP contribution in [-0.4, -0.2) is 13.2 Å². The van der Waals surface area contributed by atoms with Gasteiger partial charge >= 0.3 is 0 Å². The zero-order valence-electron chi connectivity index (χ0n) is 8.30. The highest BCUT2D eigenvalue weighted by Gasteiger charge is 2.09. The summed E-state index contributed by atoms with van der Waals surface area (Å²) in [6.45, 7) is 3.92. The Morgan fingerprint density at radius 3 is 2.43 bits per heavy atom. The van der Waals surface area contributed by atoms with Gasteiger partial charge in [-0.1, -0.05) is 11.6 Å². The molecule has 4 heteroatoms. The average Bonchev–Trinajstić information content (AvgIpc) is 2.10. The first-order chi connectivity index (χ1) is 6.54. The molecule has 0 fully saturated rings. The Bertz CT molecular complexity index is 326. The SMILES string of the molecule is COc1cc(Cl)c(Br)cc1OC(C)C. The van der Waals surface area contributed by atoms with Crippen molar-refractivity contribution in [2.45, 2.75) is 20.0 Å². The maximum absolute atomic E-state index is 5.92. The van der Waals surface area contributed by atoms with Crippen LogP contribution >= 0.6 is 27.5 Å². The molecule has 0 saturated heterocycles. The second-order valence-electron chi connectivity index (χ2n) is 3.08. The van der Waals surface area contributed by atoms with E-state index in [4.69, 9.17) is 21.1 Å². The lowest BCUT2D eigenvalue weighted by Crippen LogP contribution is -2.06. The van der Waals surface area contributed by atoms with Crippen LogP contribution in [0.25, 0.3) is 0 Å². The summed E-state index contributed by atoms with van der Waals surface area (Å²) in [5.41, 5.74) is 0. The van der Waals surface area contributed by atoms with Gasteiger partial charge in [0.1, 0.15) is 0 Å². The minimum Gasteiger partial charge on any atom is -0.493 e. The molecule has 1 aromatic carbocycles. The summed E-state index contributed by atoms with van der Waals surface area (Å²) in [6, 6.07) is 3.53. The Hall–Kier alpha value is -0.410. The summed E-state index contributed by atoms with van der Waals surface area (Å²) in [5.74, 6) is 1.34. The van der Waals surface area contributed by atoms with Crippen LogP contribution in [0.15, 0.2) is 16.6 Å². The number of hydrogen-bond donors (Lipinski definition) is 0. The van der Waals surface area contributed by atoms with Crippen LogP contribution in [-0.2, 0) is 0 Å². The topological polar surface area (TPSA) is 18.5 Å². The van der Waals surface area contributed by atoms with Crippen molar-refractivity contribution in [3.63, 3.8) is 0 Å². The Morgan fingerprint density at radius 2 is 1.93 bits per heavy atom. The number of halogens is 2. The lowest BCUT2D eigenvalue weighted by molar-refractivity contribution is 0.230. The zero-order valence-corrected chi connectivity index (χ0v) is 10.6. The molecule has 78 valence electrons. The quantitative estimate of drug-likeness (QED) is 0.835. The molecule has 0 spiro atoms. The van der Waals surface area contributed by atoms with E-state index in [1.807, 2.05) is 13.8 Å². The van der Waals surface area contributed by atoms with E-state index in [1.54, 1.807) is 19.2 Å². The van der Waals surface area contributed by atoms with Crippen LogP contribution in [0.3, 0.4) is 0 Å². The van der Waals surface area contributed by atoms with Gasteiger partial charge < -0.3 is 9.47 Å². The third-order valence-corrected chi connectivity index (χ3v) is 2.77. The van der Waals surface area contributed by atoms with Crippen molar-refractivity contribution in [1.29, 1.82) is 0 Å². The van der Waals surface area contributed by atoms with Crippen LogP contribution in [0, 0.1) is 0 Å². The molecule has 0 aliphatic rings. The summed E-state index contributed by atoms with van der Waals surface area (Å²) in [5, 5.41) is 0.609. The molecular formula is C10H12BrClO2. The van der Waals surface area contributed by atoms with Gasteiger partial charge in [0.05, 0.1) is 18.2 Å². The first-order valence-corrected chi connectivity index (χ1v) is 5.41. The minimum absolute atomic E-state index is 0.108. The van der Waals surface area contributed by atoms with Crippen molar-refractivity contribution < 1.29 is 9.47 Å². The number of benzene rings is 1. The van der Waals surface area contributed by atoms with Crippen molar-refractivity contribution in [3.8, 4) is 11.5 Å². The summed E-state index contributed by atoms with van der Waals surface area (Å²) in [6.07, 6.45) is 0.108. The molecule has 0 unspecified atom stereocenters. The predicted molar refractivity (Wildman–Crippen MR) is 61.5 cm³/mol. The van der Waals surface area contributed by atoms with Gasteiger partial charge in [-0.25, -0.2) is 0 Å². The van der Waals surface area contributed by atoms with Crippen molar-refractivity contribution in [2.75, 3.05) is 7.11 Å². The van der Waals surface area contributed by atoms with Crippen LogP contribution < -0.4 is 9.47 Å². The smallest absolute Gasteiger partial charge is 0.162 e. The van der Waals surface area contributed by atoms with Gasteiger partial charge in [-0.2, -0.15) is 0 Å². The maximum atomic E-state index is 5.92. The van der Waals surface area contributed by atoms with Gasteiger partial charge in [0.2, 0.25) is 0 Å². The molecule has 0 N–H and O–H groups in total. The van der Waals surface area contributed by atoms with E-state index in [2.05, 4.69) is 15.9 Å². The molecule has 0 saturated carbocycles. The molecule has 0 bridgehead atoms. The third-order valence-electron chi connectivity index (χ3n) is 1.57. The van der Waals surface area contributed by atoms with E-state index in [-0.39, 0.29) is 6.10 Å². The van der Waals surface area contributed by atoms with Crippen molar-refractivity contribution >= 4 is 27.5 Å².